The highest BCUT2D eigenvalue weighted by Crippen LogP contribution is 2.34. The Morgan fingerprint density at radius 3 is 2.68 bits per heavy atom. The van der Waals surface area contributed by atoms with Gasteiger partial charge in [-0.1, -0.05) is 30.3 Å². The number of ether oxygens (including phenoxy) is 1. The molecule has 5 nitrogen and oxygen atoms in total. The molecule has 0 unspecified atom stereocenters. The van der Waals surface area contributed by atoms with Crippen LogP contribution in [0.1, 0.15) is 36.5 Å². The third-order valence-corrected chi connectivity index (χ3v) is 6.25. The van der Waals surface area contributed by atoms with Crippen molar-refractivity contribution in [3.8, 4) is 0 Å². The van der Waals surface area contributed by atoms with Crippen molar-refractivity contribution in [2.24, 2.45) is 0 Å². The van der Waals surface area contributed by atoms with Crippen LogP contribution in [0.15, 0.2) is 42.5 Å². The molecule has 1 fully saturated rings. The number of likely N-dealkylation sites (tertiary alicyclic amines) is 1. The Morgan fingerprint density at radius 2 is 1.94 bits per heavy atom. The van der Waals surface area contributed by atoms with Gasteiger partial charge in [-0.25, -0.2) is 4.39 Å². The fraction of sp³-hybridized carbons (Fsp3) is 0.440. The van der Waals surface area contributed by atoms with E-state index >= 15 is 0 Å². The van der Waals surface area contributed by atoms with E-state index in [1.807, 2.05) is 35.2 Å². The molecule has 0 atom stereocenters. The van der Waals surface area contributed by atoms with Crippen LogP contribution < -0.4 is 4.90 Å². The molecule has 2 aromatic rings. The quantitative estimate of drug-likeness (QED) is 0.638. The van der Waals surface area contributed by atoms with E-state index in [2.05, 4.69) is 4.90 Å². The maximum absolute atomic E-state index is 13.9. The topological polar surface area (TPSA) is 49.9 Å². The van der Waals surface area contributed by atoms with Crippen molar-refractivity contribution in [2.45, 2.75) is 45.1 Å². The lowest BCUT2D eigenvalue weighted by molar-refractivity contribution is -0.142. The van der Waals surface area contributed by atoms with E-state index in [1.165, 1.54) is 6.07 Å². The molecule has 0 N–H and O–H groups in total. The molecular weight excluding hydrogens is 395 g/mol. The minimum atomic E-state index is -0.249. The fourth-order valence-electron chi connectivity index (χ4n) is 4.64. The van der Waals surface area contributed by atoms with Gasteiger partial charge in [0.05, 0.1) is 19.4 Å². The summed E-state index contributed by atoms with van der Waals surface area (Å²) >= 11 is 0. The number of rotatable bonds is 7. The molecule has 0 radical (unpaired) electrons. The number of piperidine rings is 1. The van der Waals surface area contributed by atoms with Gasteiger partial charge >= 0.3 is 5.97 Å². The molecule has 0 aliphatic carbocycles. The highest BCUT2D eigenvalue weighted by atomic mass is 19.1. The average molecular weight is 425 g/mol. The predicted octanol–water partition coefficient (Wildman–Crippen LogP) is 3.53. The molecule has 0 spiro atoms. The van der Waals surface area contributed by atoms with Gasteiger partial charge in [0.1, 0.15) is 5.82 Å². The zero-order valence-corrected chi connectivity index (χ0v) is 18.0. The molecule has 2 aromatic carbocycles. The number of carbonyl (C=O) groups is 2. The van der Waals surface area contributed by atoms with Crippen LogP contribution in [0, 0.1) is 5.82 Å². The van der Waals surface area contributed by atoms with E-state index in [-0.39, 0.29) is 30.2 Å². The summed E-state index contributed by atoms with van der Waals surface area (Å²) in [4.78, 5) is 28.9. The van der Waals surface area contributed by atoms with E-state index in [4.69, 9.17) is 4.74 Å². The van der Waals surface area contributed by atoms with Gasteiger partial charge in [-0.3, -0.25) is 9.59 Å². The number of esters is 1. The normalized spacial score (nSPS) is 17.1. The number of halogens is 1. The van der Waals surface area contributed by atoms with Crippen LogP contribution in [0.4, 0.5) is 10.1 Å². The number of carbonyl (C=O) groups excluding carboxylic acids is 2. The van der Waals surface area contributed by atoms with Gasteiger partial charge in [0.15, 0.2) is 0 Å². The number of nitrogens with zero attached hydrogens (tertiary/aromatic N) is 2. The highest BCUT2D eigenvalue weighted by molar-refractivity contribution is 6.02. The molecule has 6 heteroatoms. The van der Waals surface area contributed by atoms with E-state index in [0.29, 0.717) is 19.4 Å². The van der Waals surface area contributed by atoms with Gasteiger partial charge in [0.25, 0.3) is 0 Å². The summed E-state index contributed by atoms with van der Waals surface area (Å²) in [5.41, 5.74) is 3.60. The van der Waals surface area contributed by atoms with Crippen LogP contribution in [0.2, 0.25) is 0 Å². The number of hydrogen-bond acceptors (Lipinski definition) is 4. The van der Waals surface area contributed by atoms with E-state index in [9.17, 15) is 14.0 Å². The van der Waals surface area contributed by atoms with Crippen molar-refractivity contribution >= 4 is 17.6 Å². The van der Waals surface area contributed by atoms with Gasteiger partial charge in [-0.2, -0.15) is 0 Å². The molecule has 0 bridgehead atoms. The van der Waals surface area contributed by atoms with Crippen molar-refractivity contribution in [3.05, 3.63) is 65.0 Å². The molecule has 4 rings (SSSR count). The SMILES string of the molecule is CCOC(=O)Cc1ccc2c(c1)N(C1CCN(CCc3ccccc3F)CC1)C(=O)C2. The third kappa shape index (κ3) is 4.96. The van der Waals surface area contributed by atoms with Gasteiger partial charge < -0.3 is 14.5 Å². The number of benzene rings is 2. The zero-order chi connectivity index (χ0) is 21.8. The second kappa shape index (κ2) is 9.60. The van der Waals surface area contributed by atoms with Gasteiger partial charge in [-0.15, -0.1) is 0 Å². The van der Waals surface area contributed by atoms with Crippen molar-refractivity contribution in [2.75, 3.05) is 31.1 Å². The molecule has 164 valence electrons. The molecule has 2 aliphatic rings. The van der Waals surface area contributed by atoms with Gasteiger partial charge in [0.2, 0.25) is 5.91 Å². The van der Waals surface area contributed by atoms with E-state index in [0.717, 1.165) is 54.9 Å². The molecule has 1 saturated heterocycles. The predicted molar refractivity (Wildman–Crippen MR) is 118 cm³/mol. The summed E-state index contributed by atoms with van der Waals surface area (Å²) in [5, 5.41) is 0. The number of amides is 1. The van der Waals surface area contributed by atoms with Crippen LogP contribution in [-0.2, 0) is 33.6 Å². The maximum atomic E-state index is 13.9. The average Bonchev–Trinajstić information content (AvgIpc) is 3.09. The van der Waals surface area contributed by atoms with Crippen molar-refractivity contribution < 1.29 is 18.7 Å². The van der Waals surface area contributed by atoms with Crippen LogP contribution in [0.25, 0.3) is 0 Å². The van der Waals surface area contributed by atoms with Crippen LogP contribution in [0.5, 0.6) is 0 Å². The largest absolute Gasteiger partial charge is 0.466 e. The Bertz CT molecular complexity index is 954. The Hall–Kier alpha value is -2.73. The Morgan fingerprint density at radius 1 is 1.16 bits per heavy atom. The molecule has 1 amide bonds. The maximum Gasteiger partial charge on any atom is 0.310 e. The van der Waals surface area contributed by atoms with Gasteiger partial charge in [0, 0.05) is 31.4 Å². The summed E-state index contributed by atoms with van der Waals surface area (Å²) in [6, 6.07) is 13.0. The van der Waals surface area contributed by atoms with Crippen LogP contribution >= 0.6 is 0 Å². The first-order chi connectivity index (χ1) is 15.0. The van der Waals surface area contributed by atoms with Crippen LogP contribution in [0.3, 0.4) is 0 Å². The lowest BCUT2D eigenvalue weighted by Crippen LogP contribution is -2.46. The minimum Gasteiger partial charge on any atom is -0.466 e. The Balaban J connectivity index is 1.37. The summed E-state index contributed by atoms with van der Waals surface area (Å²) in [5.74, 6) is -0.259. The molecule has 2 aliphatic heterocycles. The number of anilines is 1. The van der Waals surface area contributed by atoms with E-state index < -0.39 is 0 Å². The molecule has 0 aromatic heterocycles. The lowest BCUT2D eigenvalue weighted by Gasteiger charge is -2.37. The first-order valence-corrected chi connectivity index (χ1v) is 11.1. The Kier molecular flexibility index (Phi) is 6.66. The first kappa shape index (κ1) is 21.5. The summed E-state index contributed by atoms with van der Waals surface area (Å²) < 4.78 is 18.9. The van der Waals surface area contributed by atoms with Crippen molar-refractivity contribution in [1.29, 1.82) is 0 Å². The third-order valence-electron chi connectivity index (χ3n) is 6.25. The minimum absolute atomic E-state index is 0.132. The van der Waals surface area contributed by atoms with Crippen LogP contribution in [-0.4, -0.2) is 49.1 Å². The van der Waals surface area contributed by atoms with E-state index in [1.54, 1.807) is 13.0 Å². The molecule has 0 saturated carbocycles. The van der Waals surface area contributed by atoms with Gasteiger partial charge in [-0.05, 0) is 55.0 Å². The fourth-order valence-corrected chi connectivity index (χ4v) is 4.64. The molecular formula is C25H29FN2O3. The Labute approximate surface area is 182 Å². The monoisotopic (exact) mass is 424 g/mol. The summed E-state index contributed by atoms with van der Waals surface area (Å²) in [6.45, 7) is 4.76. The van der Waals surface area contributed by atoms with Crippen molar-refractivity contribution in [3.63, 3.8) is 0 Å². The first-order valence-electron chi connectivity index (χ1n) is 11.1. The lowest BCUT2D eigenvalue weighted by atomic mass is 10.0. The standard InChI is InChI=1S/C25H29FN2O3/c1-2-31-25(30)16-18-7-8-20-17-24(29)28(23(20)15-18)21-10-13-27(14-11-21)12-9-19-5-3-4-6-22(19)26/h3-8,15,21H,2,9-14,16-17H2,1H3. The second-order valence-corrected chi connectivity index (χ2v) is 8.30. The number of fused-ring (bicyclic) bond motifs is 1. The molecule has 2 heterocycles. The summed E-state index contributed by atoms with van der Waals surface area (Å²) in [6.07, 6.45) is 3.12. The highest BCUT2D eigenvalue weighted by Gasteiger charge is 2.35. The van der Waals surface area contributed by atoms with Crippen molar-refractivity contribution in [1.82, 2.24) is 4.90 Å². The zero-order valence-electron chi connectivity index (χ0n) is 18.0. The second-order valence-electron chi connectivity index (χ2n) is 8.30. The molecule has 31 heavy (non-hydrogen) atoms. The number of hydrogen-bond donors (Lipinski definition) is 0. The summed E-state index contributed by atoms with van der Waals surface area (Å²) in [7, 11) is 0. The smallest absolute Gasteiger partial charge is 0.310 e.